The summed E-state index contributed by atoms with van der Waals surface area (Å²) in [5.74, 6) is -0.563. The van der Waals surface area contributed by atoms with Crippen molar-refractivity contribution >= 4 is 17.1 Å². The smallest absolute Gasteiger partial charge is 0.176 e. The van der Waals surface area contributed by atoms with Crippen LogP contribution in [0.5, 0.6) is 11.5 Å². The van der Waals surface area contributed by atoms with Gasteiger partial charge in [0, 0.05) is 16.5 Å². The maximum Gasteiger partial charge on any atom is 0.176 e. The van der Waals surface area contributed by atoms with E-state index in [0.29, 0.717) is 5.56 Å². The predicted molar refractivity (Wildman–Crippen MR) is 84.2 cm³/mol. The summed E-state index contributed by atoms with van der Waals surface area (Å²) in [7, 11) is 1.91. The molecular weight excluding hydrogens is 286 g/mol. The molecular formula is C16H19NO3S. The molecule has 0 aliphatic heterocycles. The number of carbonyl (C=O) groups excluding carboxylic acids is 1. The van der Waals surface area contributed by atoms with E-state index in [-0.39, 0.29) is 29.9 Å². The monoisotopic (exact) mass is 305 g/mol. The number of thiophene rings is 1. The molecule has 4 nitrogen and oxygen atoms in total. The van der Waals surface area contributed by atoms with Crippen LogP contribution in [-0.4, -0.2) is 40.5 Å². The van der Waals surface area contributed by atoms with Gasteiger partial charge in [0.05, 0.1) is 6.54 Å². The lowest BCUT2D eigenvalue weighted by Crippen LogP contribution is -2.35. The lowest BCUT2D eigenvalue weighted by molar-refractivity contribution is 0.0924. The number of aromatic hydroxyl groups is 2. The van der Waals surface area contributed by atoms with Crippen molar-refractivity contribution in [1.82, 2.24) is 4.90 Å². The molecule has 112 valence electrons. The van der Waals surface area contributed by atoms with E-state index in [9.17, 15) is 15.0 Å². The minimum Gasteiger partial charge on any atom is -0.504 e. The fraction of sp³-hybridized carbons (Fsp3) is 0.312. The molecule has 0 spiro atoms. The molecule has 21 heavy (non-hydrogen) atoms. The summed E-state index contributed by atoms with van der Waals surface area (Å²) in [4.78, 5) is 15.5. The Morgan fingerprint density at radius 1 is 1.29 bits per heavy atom. The van der Waals surface area contributed by atoms with E-state index in [2.05, 4.69) is 13.0 Å². The Kier molecular flexibility index (Phi) is 4.98. The van der Waals surface area contributed by atoms with Crippen LogP contribution in [0.3, 0.4) is 0 Å². The highest BCUT2D eigenvalue weighted by Crippen LogP contribution is 2.25. The topological polar surface area (TPSA) is 60.8 Å². The maximum absolute atomic E-state index is 12.2. The molecule has 2 N–H and O–H groups in total. The molecule has 0 fully saturated rings. The van der Waals surface area contributed by atoms with E-state index in [4.69, 9.17) is 0 Å². The minimum atomic E-state index is -0.268. The lowest BCUT2D eigenvalue weighted by Gasteiger charge is -2.23. The van der Waals surface area contributed by atoms with Crippen molar-refractivity contribution in [2.24, 2.45) is 0 Å². The molecule has 1 heterocycles. The Bertz CT molecular complexity index is 610. The van der Waals surface area contributed by atoms with Gasteiger partial charge in [-0.25, -0.2) is 0 Å². The van der Waals surface area contributed by atoms with Gasteiger partial charge < -0.3 is 10.2 Å². The highest BCUT2D eigenvalue weighted by Gasteiger charge is 2.16. The van der Waals surface area contributed by atoms with Crippen LogP contribution in [0.15, 0.2) is 35.7 Å². The second-order valence-corrected chi connectivity index (χ2v) is 6.21. The maximum atomic E-state index is 12.2. The molecule has 0 amide bonds. The van der Waals surface area contributed by atoms with Gasteiger partial charge >= 0.3 is 0 Å². The van der Waals surface area contributed by atoms with Gasteiger partial charge in [0.2, 0.25) is 0 Å². The van der Waals surface area contributed by atoms with Gasteiger partial charge in [-0.15, -0.1) is 11.3 Å². The second-order valence-electron chi connectivity index (χ2n) is 5.17. The van der Waals surface area contributed by atoms with E-state index in [1.54, 1.807) is 11.3 Å². The third kappa shape index (κ3) is 4.06. The third-order valence-electron chi connectivity index (χ3n) is 3.52. The second kappa shape index (κ2) is 6.74. The molecule has 0 saturated carbocycles. The Labute approximate surface area is 128 Å². The van der Waals surface area contributed by atoms with Crippen molar-refractivity contribution in [3.05, 3.63) is 46.2 Å². The molecule has 0 saturated heterocycles. The highest BCUT2D eigenvalue weighted by atomic mass is 32.1. The quantitative estimate of drug-likeness (QED) is 0.636. The van der Waals surface area contributed by atoms with E-state index in [1.165, 1.54) is 23.1 Å². The van der Waals surface area contributed by atoms with Crippen LogP contribution in [0.25, 0.3) is 0 Å². The standard InChI is InChI=1S/C16H19NO3S/c1-11(8-13-4-3-7-21-13)17(2)10-16(20)12-5-6-14(18)15(19)9-12/h3-7,9,11,18-19H,8,10H2,1-2H3. The first-order valence-corrected chi connectivity index (χ1v) is 7.63. The average Bonchev–Trinajstić information content (AvgIpc) is 2.94. The molecule has 2 aromatic rings. The summed E-state index contributed by atoms with van der Waals surface area (Å²) in [5, 5.41) is 20.8. The molecule has 0 aliphatic carbocycles. The molecule has 1 aromatic heterocycles. The largest absolute Gasteiger partial charge is 0.504 e. The zero-order valence-corrected chi connectivity index (χ0v) is 12.9. The van der Waals surface area contributed by atoms with Crippen molar-refractivity contribution < 1.29 is 15.0 Å². The first-order chi connectivity index (χ1) is 9.97. The number of carbonyl (C=O) groups is 1. The van der Waals surface area contributed by atoms with Crippen molar-refractivity contribution in [2.75, 3.05) is 13.6 Å². The Morgan fingerprint density at radius 3 is 2.67 bits per heavy atom. The minimum absolute atomic E-state index is 0.0779. The number of ketones is 1. The number of hydrogen-bond donors (Lipinski definition) is 2. The third-order valence-corrected chi connectivity index (χ3v) is 4.42. The number of Topliss-reactive ketones (excluding diaryl/α,β-unsaturated/α-hetero) is 1. The van der Waals surface area contributed by atoms with Crippen LogP contribution in [-0.2, 0) is 6.42 Å². The average molecular weight is 305 g/mol. The van der Waals surface area contributed by atoms with E-state index in [0.717, 1.165) is 6.42 Å². The molecule has 0 radical (unpaired) electrons. The summed E-state index contributed by atoms with van der Waals surface area (Å²) in [5.41, 5.74) is 0.403. The van der Waals surface area contributed by atoms with Gasteiger partial charge in [0.25, 0.3) is 0 Å². The van der Waals surface area contributed by atoms with Crippen molar-refractivity contribution in [2.45, 2.75) is 19.4 Å². The molecule has 0 aliphatic rings. The van der Waals surface area contributed by atoms with Crippen LogP contribution in [0.4, 0.5) is 0 Å². The SMILES string of the molecule is CC(Cc1cccs1)N(C)CC(=O)c1ccc(O)c(O)c1. The van der Waals surface area contributed by atoms with Crippen LogP contribution in [0, 0.1) is 0 Å². The van der Waals surface area contributed by atoms with E-state index < -0.39 is 0 Å². The van der Waals surface area contributed by atoms with Crippen LogP contribution in [0.2, 0.25) is 0 Å². The van der Waals surface area contributed by atoms with Crippen LogP contribution >= 0.6 is 11.3 Å². The zero-order chi connectivity index (χ0) is 15.4. The molecule has 1 unspecified atom stereocenters. The molecule has 5 heteroatoms. The molecule has 0 bridgehead atoms. The van der Waals surface area contributed by atoms with Crippen molar-refractivity contribution in [3.8, 4) is 11.5 Å². The van der Waals surface area contributed by atoms with Gasteiger partial charge in [-0.2, -0.15) is 0 Å². The number of likely N-dealkylation sites (N-methyl/N-ethyl adjacent to an activating group) is 1. The van der Waals surface area contributed by atoms with E-state index in [1.807, 2.05) is 23.4 Å². The van der Waals surface area contributed by atoms with Crippen molar-refractivity contribution in [3.63, 3.8) is 0 Å². The predicted octanol–water partition coefficient (Wildman–Crippen LogP) is 2.91. The number of phenolic OH excluding ortho intramolecular Hbond substituents is 2. The van der Waals surface area contributed by atoms with Crippen LogP contribution in [0.1, 0.15) is 22.2 Å². The number of nitrogens with zero attached hydrogens (tertiary/aromatic N) is 1. The van der Waals surface area contributed by atoms with E-state index >= 15 is 0 Å². The van der Waals surface area contributed by atoms with Gasteiger partial charge in [0.1, 0.15) is 0 Å². The summed E-state index contributed by atoms with van der Waals surface area (Å²) in [6.45, 7) is 2.36. The van der Waals surface area contributed by atoms with Gasteiger partial charge in [0.15, 0.2) is 17.3 Å². The molecule has 1 atom stereocenters. The lowest BCUT2D eigenvalue weighted by atomic mass is 10.1. The van der Waals surface area contributed by atoms with Crippen molar-refractivity contribution in [1.29, 1.82) is 0 Å². The molecule has 2 rings (SSSR count). The van der Waals surface area contributed by atoms with Gasteiger partial charge in [-0.1, -0.05) is 6.07 Å². The number of benzene rings is 1. The van der Waals surface area contributed by atoms with Gasteiger partial charge in [-0.05, 0) is 50.0 Å². The first-order valence-electron chi connectivity index (χ1n) is 6.75. The molecule has 1 aromatic carbocycles. The summed E-state index contributed by atoms with van der Waals surface area (Å²) in [6, 6.07) is 8.52. The fourth-order valence-corrected chi connectivity index (χ4v) is 2.87. The van der Waals surface area contributed by atoms with Gasteiger partial charge in [-0.3, -0.25) is 9.69 Å². The van der Waals surface area contributed by atoms with Crippen LogP contribution < -0.4 is 0 Å². The summed E-state index contributed by atoms with van der Waals surface area (Å²) >= 11 is 1.72. The highest BCUT2D eigenvalue weighted by molar-refractivity contribution is 7.09. The number of hydrogen-bond acceptors (Lipinski definition) is 5. The number of rotatable bonds is 6. The Morgan fingerprint density at radius 2 is 2.05 bits per heavy atom. The summed E-state index contributed by atoms with van der Waals surface area (Å²) < 4.78 is 0. The zero-order valence-electron chi connectivity index (χ0n) is 12.1. The summed E-state index contributed by atoms with van der Waals surface area (Å²) in [6.07, 6.45) is 0.905. The Balaban J connectivity index is 1.96. The first kappa shape index (κ1) is 15.5. The fourth-order valence-electron chi connectivity index (χ4n) is 2.05. The normalized spacial score (nSPS) is 12.5. The Hall–Kier alpha value is -1.85. The number of phenols is 2.